The minimum Gasteiger partial charge on any atom is -0.354 e. The first-order valence-electron chi connectivity index (χ1n) is 10.2. The zero-order chi connectivity index (χ0) is 21.8. The van der Waals surface area contributed by atoms with Gasteiger partial charge in [0.05, 0.1) is 11.1 Å². The number of rotatable bonds is 7. The van der Waals surface area contributed by atoms with E-state index < -0.39 is 10.5 Å². The van der Waals surface area contributed by atoms with Gasteiger partial charge in [0.25, 0.3) is 11.2 Å². The summed E-state index contributed by atoms with van der Waals surface area (Å²) in [7, 11) is 0. The monoisotopic (exact) mass is 422 g/mol. The lowest BCUT2D eigenvalue weighted by Gasteiger charge is -2.13. The molecule has 2 aromatic heterocycles. The van der Waals surface area contributed by atoms with E-state index in [2.05, 4.69) is 21.5 Å². The van der Waals surface area contributed by atoms with Crippen LogP contribution in [0.25, 0.3) is 16.7 Å². The summed E-state index contributed by atoms with van der Waals surface area (Å²) in [6.45, 7) is 0.377. The third-order valence-corrected chi connectivity index (χ3v) is 5.33. The van der Waals surface area contributed by atoms with Crippen LogP contribution in [0.4, 0.5) is 5.69 Å². The number of allylic oxidation sites excluding steroid dienone is 1. The van der Waals surface area contributed by atoms with Gasteiger partial charge < -0.3 is 5.32 Å². The predicted octanol–water partition coefficient (Wildman–Crippen LogP) is 2.50. The fraction of sp³-hybridized carbons (Fsp3) is 0.333. The zero-order valence-electron chi connectivity index (χ0n) is 16.9. The number of fused-ring (bicyclic) bond motifs is 1. The van der Waals surface area contributed by atoms with Crippen molar-refractivity contribution in [2.75, 3.05) is 6.54 Å². The average molecular weight is 422 g/mol. The van der Waals surface area contributed by atoms with Crippen molar-refractivity contribution in [3.8, 4) is 5.69 Å². The normalized spacial score (nSPS) is 13.7. The summed E-state index contributed by atoms with van der Waals surface area (Å²) >= 11 is 0. The minimum atomic E-state index is -0.516. The molecular formula is C21H22N6O4. The number of nitrogens with zero attached hydrogens (tertiary/aromatic N) is 5. The van der Waals surface area contributed by atoms with Gasteiger partial charge in [-0.2, -0.15) is 5.10 Å². The number of hydrogen-bond donors (Lipinski definition) is 1. The lowest BCUT2D eigenvalue weighted by atomic mass is 9.97. The van der Waals surface area contributed by atoms with Crippen LogP contribution in [0.5, 0.6) is 0 Å². The number of benzene rings is 1. The molecule has 10 heteroatoms. The van der Waals surface area contributed by atoms with Crippen molar-refractivity contribution >= 4 is 22.6 Å². The van der Waals surface area contributed by atoms with Crippen LogP contribution in [-0.4, -0.2) is 36.7 Å². The molecular weight excluding hydrogens is 400 g/mol. The van der Waals surface area contributed by atoms with Crippen molar-refractivity contribution in [1.82, 2.24) is 24.6 Å². The van der Waals surface area contributed by atoms with E-state index >= 15 is 0 Å². The molecule has 0 bridgehead atoms. The van der Waals surface area contributed by atoms with Gasteiger partial charge in [-0.1, -0.05) is 23.8 Å². The van der Waals surface area contributed by atoms with Crippen LogP contribution in [0.1, 0.15) is 32.1 Å². The second kappa shape index (κ2) is 8.90. The maximum absolute atomic E-state index is 12.8. The van der Waals surface area contributed by atoms with E-state index in [1.807, 2.05) is 0 Å². The molecule has 0 fully saturated rings. The Balaban J connectivity index is 1.50. The molecule has 10 nitrogen and oxygen atoms in total. The van der Waals surface area contributed by atoms with Gasteiger partial charge in [-0.05, 0) is 38.2 Å². The van der Waals surface area contributed by atoms with Gasteiger partial charge in [0, 0.05) is 12.6 Å². The molecule has 0 saturated heterocycles. The van der Waals surface area contributed by atoms with E-state index in [1.165, 1.54) is 52.3 Å². The smallest absolute Gasteiger partial charge is 0.294 e. The van der Waals surface area contributed by atoms with Crippen molar-refractivity contribution in [3.63, 3.8) is 0 Å². The topological polar surface area (TPSA) is 125 Å². The molecule has 0 radical (unpaired) electrons. The first-order valence-corrected chi connectivity index (χ1v) is 10.2. The minimum absolute atomic E-state index is 0.147. The number of amides is 1. The summed E-state index contributed by atoms with van der Waals surface area (Å²) in [6.07, 6.45) is 10.2. The molecule has 31 heavy (non-hydrogen) atoms. The van der Waals surface area contributed by atoms with Gasteiger partial charge in [0.15, 0.2) is 5.65 Å². The largest absolute Gasteiger partial charge is 0.354 e. The van der Waals surface area contributed by atoms with Crippen molar-refractivity contribution in [3.05, 3.63) is 68.9 Å². The van der Waals surface area contributed by atoms with Crippen molar-refractivity contribution < 1.29 is 9.72 Å². The maximum atomic E-state index is 12.8. The van der Waals surface area contributed by atoms with Crippen LogP contribution in [0.15, 0.2) is 53.2 Å². The first-order chi connectivity index (χ1) is 15.0. The number of nitrogens with one attached hydrogen (secondary N) is 1. The number of para-hydroxylation sites is 2. The number of nitro groups is 1. The lowest BCUT2D eigenvalue weighted by Crippen LogP contribution is -2.33. The summed E-state index contributed by atoms with van der Waals surface area (Å²) < 4.78 is 2.47. The van der Waals surface area contributed by atoms with Crippen molar-refractivity contribution in [2.45, 2.75) is 38.6 Å². The molecule has 0 atom stereocenters. The highest BCUT2D eigenvalue weighted by Crippen LogP contribution is 2.24. The van der Waals surface area contributed by atoms with E-state index in [-0.39, 0.29) is 34.9 Å². The van der Waals surface area contributed by atoms with Crippen LogP contribution >= 0.6 is 0 Å². The standard InChI is InChI=1S/C21H22N6O4/c28-19(22-11-10-15-6-2-1-3-7-15)13-25-14-23-20-16(21(25)29)12-24-26(20)17-8-4-5-9-18(17)27(30)31/h4-6,8-9,12,14H,1-3,7,10-11,13H2,(H,22,28). The van der Waals surface area contributed by atoms with Crippen LogP contribution in [-0.2, 0) is 11.3 Å². The summed E-state index contributed by atoms with van der Waals surface area (Å²) in [5.41, 5.74) is 1.20. The molecule has 0 saturated carbocycles. The second-order valence-electron chi connectivity index (χ2n) is 7.43. The SMILES string of the molecule is O=C(Cn1cnc2c(cnn2-c2ccccc2[N+](=O)[O-])c1=O)NCCC1=CCCCC1. The second-order valence-corrected chi connectivity index (χ2v) is 7.43. The third kappa shape index (κ3) is 4.37. The molecule has 3 aromatic rings. The Labute approximate surface area is 177 Å². The van der Waals surface area contributed by atoms with Gasteiger partial charge in [-0.15, -0.1) is 0 Å². The quantitative estimate of drug-likeness (QED) is 0.354. The highest BCUT2D eigenvalue weighted by molar-refractivity contribution is 5.78. The molecule has 160 valence electrons. The van der Waals surface area contributed by atoms with Gasteiger partial charge in [0.1, 0.15) is 23.9 Å². The maximum Gasteiger partial charge on any atom is 0.294 e. The Bertz CT molecular complexity index is 1230. The molecule has 1 aliphatic carbocycles. The highest BCUT2D eigenvalue weighted by Gasteiger charge is 2.19. The number of aromatic nitrogens is 4. The summed E-state index contributed by atoms with van der Waals surface area (Å²) in [5.74, 6) is -0.272. The highest BCUT2D eigenvalue weighted by atomic mass is 16.6. The number of hydrogen-bond acceptors (Lipinski definition) is 6. The molecule has 2 heterocycles. The van der Waals surface area contributed by atoms with Crippen LogP contribution in [0, 0.1) is 10.1 Å². The van der Waals surface area contributed by atoms with E-state index in [9.17, 15) is 19.7 Å². The summed E-state index contributed by atoms with van der Waals surface area (Å²) in [5, 5.41) is 18.5. The molecule has 4 rings (SSSR count). The summed E-state index contributed by atoms with van der Waals surface area (Å²) in [4.78, 5) is 40.1. The van der Waals surface area contributed by atoms with Crippen LogP contribution in [0.2, 0.25) is 0 Å². The zero-order valence-corrected chi connectivity index (χ0v) is 16.9. The predicted molar refractivity (Wildman–Crippen MR) is 114 cm³/mol. The Morgan fingerprint density at radius 1 is 1.26 bits per heavy atom. The lowest BCUT2D eigenvalue weighted by molar-refractivity contribution is -0.384. The van der Waals surface area contributed by atoms with Crippen molar-refractivity contribution in [1.29, 1.82) is 0 Å². The number of carbonyl (C=O) groups excluding carboxylic acids is 1. The Morgan fingerprint density at radius 3 is 2.87 bits per heavy atom. The number of nitro benzene ring substituents is 1. The van der Waals surface area contributed by atoms with Crippen LogP contribution in [0.3, 0.4) is 0 Å². The molecule has 0 unspecified atom stereocenters. The average Bonchev–Trinajstić information content (AvgIpc) is 3.21. The van der Waals surface area contributed by atoms with E-state index in [0.29, 0.717) is 6.54 Å². The van der Waals surface area contributed by atoms with Gasteiger partial charge in [0.2, 0.25) is 5.91 Å². The molecule has 0 spiro atoms. The molecule has 0 aliphatic heterocycles. The van der Waals surface area contributed by atoms with Crippen molar-refractivity contribution in [2.24, 2.45) is 0 Å². The van der Waals surface area contributed by atoms with Gasteiger partial charge >= 0.3 is 0 Å². The van der Waals surface area contributed by atoms with E-state index in [1.54, 1.807) is 12.1 Å². The van der Waals surface area contributed by atoms with E-state index in [0.717, 1.165) is 19.3 Å². The Hall–Kier alpha value is -3.82. The third-order valence-electron chi connectivity index (χ3n) is 5.33. The molecule has 1 N–H and O–H groups in total. The van der Waals surface area contributed by atoms with Gasteiger partial charge in [-0.3, -0.25) is 24.3 Å². The Kier molecular flexibility index (Phi) is 5.87. The van der Waals surface area contributed by atoms with Gasteiger partial charge in [-0.25, -0.2) is 9.67 Å². The Morgan fingerprint density at radius 2 is 2.10 bits per heavy atom. The number of carbonyl (C=O) groups is 1. The molecule has 1 amide bonds. The summed E-state index contributed by atoms with van der Waals surface area (Å²) in [6, 6.07) is 6.09. The fourth-order valence-corrected chi connectivity index (χ4v) is 3.74. The molecule has 1 aliphatic rings. The first kappa shape index (κ1) is 20.5. The van der Waals surface area contributed by atoms with Crippen LogP contribution < -0.4 is 10.9 Å². The fourth-order valence-electron chi connectivity index (χ4n) is 3.74. The van der Waals surface area contributed by atoms with E-state index in [4.69, 9.17) is 0 Å². The molecule has 1 aromatic carbocycles.